The smallest absolute Gasteiger partial charge is 0.259 e. The monoisotopic (exact) mass is 419 g/mol. The fourth-order valence-corrected chi connectivity index (χ4v) is 3.33. The van der Waals surface area contributed by atoms with Gasteiger partial charge in [-0.2, -0.15) is 0 Å². The molecule has 4 aromatic rings. The zero-order chi connectivity index (χ0) is 21.3. The van der Waals surface area contributed by atoms with E-state index in [0.717, 1.165) is 11.1 Å². The van der Waals surface area contributed by atoms with Gasteiger partial charge in [-0.3, -0.25) is 0 Å². The molecule has 0 amide bonds. The molecule has 0 N–H and O–H groups in total. The molecule has 0 spiro atoms. The minimum atomic E-state index is 0.0976. The molecule has 6 heteroatoms. The number of halogens is 1. The zero-order valence-corrected chi connectivity index (χ0v) is 18.1. The van der Waals surface area contributed by atoms with E-state index in [-0.39, 0.29) is 11.3 Å². The molecule has 0 fully saturated rings. The van der Waals surface area contributed by atoms with E-state index in [1.165, 1.54) is 5.56 Å². The van der Waals surface area contributed by atoms with Crippen molar-refractivity contribution in [1.29, 1.82) is 0 Å². The molecule has 0 aliphatic rings. The third-order valence-corrected chi connectivity index (χ3v) is 5.09. The number of hydrogen-bond donors (Lipinski definition) is 0. The molecule has 0 saturated heterocycles. The maximum atomic E-state index is 6.47. The minimum absolute atomic E-state index is 0.0976. The van der Waals surface area contributed by atoms with Gasteiger partial charge in [0.15, 0.2) is 0 Å². The van der Waals surface area contributed by atoms with Crippen LogP contribution in [0.3, 0.4) is 0 Å². The number of rotatable bonds is 4. The molecule has 30 heavy (non-hydrogen) atoms. The number of aryl methyl sites for hydroxylation is 1. The van der Waals surface area contributed by atoms with Crippen molar-refractivity contribution in [3.8, 4) is 22.7 Å². The Morgan fingerprint density at radius 2 is 1.67 bits per heavy atom. The summed E-state index contributed by atoms with van der Waals surface area (Å²) in [5, 5.41) is 12.8. The molecule has 0 atom stereocenters. The van der Waals surface area contributed by atoms with Gasteiger partial charge in [-0.15, -0.1) is 10.2 Å². The van der Waals surface area contributed by atoms with E-state index in [1.807, 2.05) is 55.5 Å². The average Bonchev–Trinajstić information content (AvgIpc) is 3.35. The van der Waals surface area contributed by atoms with Crippen LogP contribution in [0.25, 0.3) is 33.8 Å². The van der Waals surface area contributed by atoms with E-state index < -0.39 is 0 Å². The van der Waals surface area contributed by atoms with E-state index in [4.69, 9.17) is 20.5 Å². The Morgan fingerprint density at radius 3 is 2.33 bits per heavy atom. The molecule has 2 aromatic carbocycles. The first kappa shape index (κ1) is 20.1. The van der Waals surface area contributed by atoms with Gasteiger partial charge >= 0.3 is 0 Å². The van der Waals surface area contributed by atoms with Crippen molar-refractivity contribution in [2.24, 2.45) is 0 Å². The maximum absolute atomic E-state index is 6.47. The van der Waals surface area contributed by atoms with Gasteiger partial charge < -0.3 is 8.94 Å². The standard InChI is InChI=1S/C24H22ClN3O2/c1-15-20(21(28-30-15)17-8-6-5-7-9-17)23-27-26-22(29-23)19(25)14-16-10-12-18(13-11-16)24(2,3)4/h5-14H,1-4H3/b19-14-. The van der Waals surface area contributed by atoms with Crippen LogP contribution in [0.5, 0.6) is 0 Å². The molecule has 0 aliphatic heterocycles. The fraction of sp³-hybridized carbons (Fsp3) is 0.208. The van der Waals surface area contributed by atoms with Crippen molar-refractivity contribution in [1.82, 2.24) is 15.4 Å². The quantitative estimate of drug-likeness (QED) is 0.366. The van der Waals surface area contributed by atoms with E-state index >= 15 is 0 Å². The van der Waals surface area contributed by atoms with E-state index in [0.29, 0.717) is 27.9 Å². The van der Waals surface area contributed by atoms with Gasteiger partial charge in [-0.1, -0.05) is 92.1 Å². The topological polar surface area (TPSA) is 65.0 Å². The highest BCUT2D eigenvalue weighted by Crippen LogP contribution is 2.34. The molecule has 0 unspecified atom stereocenters. The second-order valence-corrected chi connectivity index (χ2v) is 8.51. The largest absolute Gasteiger partial charge is 0.415 e. The molecule has 4 rings (SSSR count). The van der Waals surface area contributed by atoms with Crippen LogP contribution in [0.15, 0.2) is 63.5 Å². The highest BCUT2D eigenvalue weighted by Gasteiger charge is 2.22. The summed E-state index contributed by atoms with van der Waals surface area (Å²) in [6.07, 6.45) is 1.81. The number of aromatic nitrogens is 3. The van der Waals surface area contributed by atoms with Crippen LogP contribution in [0, 0.1) is 6.92 Å². The Balaban J connectivity index is 1.64. The molecule has 152 valence electrons. The molecular weight excluding hydrogens is 398 g/mol. The van der Waals surface area contributed by atoms with Crippen LogP contribution in [0.2, 0.25) is 0 Å². The minimum Gasteiger partial charge on any atom is -0.415 e. The Hall–Kier alpha value is -3.18. The van der Waals surface area contributed by atoms with Crippen molar-refractivity contribution in [3.63, 3.8) is 0 Å². The highest BCUT2D eigenvalue weighted by atomic mass is 35.5. The first-order chi connectivity index (χ1) is 14.3. The van der Waals surface area contributed by atoms with E-state index in [9.17, 15) is 0 Å². The van der Waals surface area contributed by atoms with Crippen molar-refractivity contribution in [2.45, 2.75) is 33.1 Å². The molecule has 0 bridgehead atoms. The lowest BCUT2D eigenvalue weighted by atomic mass is 9.87. The average molecular weight is 420 g/mol. The van der Waals surface area contributed by atoms with Gasteiger partial charge in [0.2, 0.25) is 0 Å². The summed E-state index contributed by atoms with van der Waals surface area (Å²) in [6, 6.07) is 18.0. The summed E-state index contributed by atoms with van der Waals surface area (Å²) in [5.74, 6) is 1.16. The Bertz CT molecular complexity index is 1180. The Morgan fingerprint density at radius 1 is 0.967 bits per heavy atom. The van der Waals surface area contributed by atoms with Gasteiger partial charge in [-0.25, -0.2) is 0 Å². The van der Waals surface area contributed by atoms with E-state index in [1.54, 1.807) is 0 Å². The lowest BCUT2D eigenvalue weighted by molar-refractivity contribution is 0.399. The molecule has 2 aromatic heterocycles. The third kappa shape index (κ3) is 4.07. The number of nitrogens with zero attached hydrogens (tertiary/aromatic N) is 3. The lowest BCUT2D eigenvalue weighted by Gasteiger charge is -2.18. The van der Waals surface area contributed by atoms with Crippen molar-refractivity contribution >= 4 is 22.7 Å². The first-order valence-corrected chi connectivity index (χ1v) is 10.0. The number of benzene rings is 2. The van der Waals surface area contributed by atoms with Gasteiger partial charge in [0.25, 0.3) is 11.8 Å². The Labute approximate surface area is 180 Å². The van der Waals surface area contributed by atoms with Crippen LogP contribution in [-0.2, 0) is 5.41 Å². The van der Waals surface area contributed by atoms with Crippen LogP contribution in [-0.4, -0.2) is 15.4 Å². The van der Waals surface area contributed by atoms with Crippen LogP contribution in [0.4, 0.5) is 0 Å². The molecule has 2 heterocycles. The second kappa shape index (κ2) is 7.92. The molecular formula is C24H22ClN3O2. The second-order valence-electron chi connectivity index (χ2n) is 8.11. The summed E-state index contributed by atoms with van der Waals surface area (Å²) in [7, 11) is 0. The van der Waals surface area contributed by atoms with Crippen molar-refractivity contribution in [2.75, 3.05) is 0 Å². The zero-order valence-electron chi connectivity index (χ0n) is 17.3. The van der Waals surface area contributed by atoms with Crippen molar-refractivity contribution in [3.05, 3.63) is 77.4 Å². The summed E-state index contributed by atoms with van der Waals surface area (Å²) < 4.78 is 11.2. The van der Waals surface area contributed by atoms with Gasteiger partial charge in [-0.05, 0) is 29.5 Å². The number of hydrogen-bond acceptors (Lipinski definition) is 5. The third-order valence-electron chi connectivity index (χ3n) is 4.82. The molecule has 5 nitrogen and oxygen atoms in total. The first-order valence-electron chi connectivity index (χ1n) is 9.66. The van der Waals surface area contributed by atoms with Gasteiger partial charge in [0, 0.05) is 5.56 Å². The normalized spacial score (nSPS) is 12.4. The SMILES string of the molecule is Cc1onc(-c2ccccc2)c1-c1nnc(/C(Cl)=C/c2ccc(C(C)(C)C)cc2)o1. The summed E-state index contributed by atoms with van der Waals surface area (Å²) in [5.41, 5.74) is 4.54. The maximum Gasteiger partial charge on any atom is 0.259 e. The highest BCUT2D eigenvalue weighted by molar-refractivity contribution is 6.50. The van der Waals surface area contributed by atoms with Crippen LogP contribution < -0.4 is 0 Å². The molecule has 0 saturated carbocycles. The lowest BCUT2D eigenvalue weighted by Crippen LogP contribution is -2.10. The van der Waals surface area contributed by atoms with Crippen molar-refractivity contribution < 1.29 is 8.94 Å². The van der Waals surface area contributed by atoms with Crippen LogP contribution in [0.1, 0.15) is 43.5 Å². The van der Waals surface area contributed by atoms with E-state index in [2.05, 4.69) is 48.3 Å². The Kier molecular flexibility index (Phi) is 5.31. The summed E-state index contributed by atoms with van der Waals surface area (Å²) >= 11 is 6.47. The summed E-state index contributed by atoms with van der Waals surface area (Å²) in [6.45, 7) is 8.36. The summed E-state index contributed by atoms with van der Waals surface area (Å²) in [4.78, 5) is 0. The van der Waals surface area contributed by atoms with Gasteiger partial charge in [0.1, 0.15) is 22.0 Å². The molecule has 0 aliphatic carbocycles. The predicted octanol–water partition coefficient (Wildman–Crippen LogP) is 6.73. The fourth-order valence-electron chi connectivity index (χ4n) is 3.13. The van der Waals surface area contributed by atoms with Crippen LogP contribution >= 0.6 is 11.6 Å². The predicted molar refractivity (Wildman–Crippen MR) is 119 cm³/mol. The van der Waals surface area contributed by atoms with Gasteiger partial charge in [0.05, 0.1) is 0 Å². The molecule has 0 radical (unpaired) electrons.